The second kappa shape index (κ2) is 4.19. The quantitative estimate of drug-likeness (QED) is 0.766. The highest BCUT2D eigenvalue weighted by Crippen LogP contribution is 2.14. The van der Waals surface area contributed by atoms with E-state index in [4.69, 9.17) is 5.73 Å². The van der Waals surface area contributed by atoms with Gasteiger partial charge in [0.15, 0.2) is 5.78 Å². The van der Waals surface area contributed by atoms with E-state index in [9.17, 15) is 4.79 Å². The lowest BCUT2D eigenvalue weighted by atomic mass is 9.96. The van der Waals surface area contributed by atoms with E-state index in [1.165, 1.54) is 0 Å². The molecule has 0 spiro atoms. The molecule has 0 fully saturated rings. The predicted octanol–water partition coefficient (Wildman–Crippen LogP) is 1.91. The number of hydrogen-bond acceptors (Lipinski definition) is 2. The first-order valence-corrected chi connectivity index (χ1v) is 4.47. The van der Waals surface area contributed by atoms with E-state index in [0.717, 1.165) is 5.56 Å². The molecule has 0 heterocycles. The molecular formula is C11H15NO. The van der Waals surface area contributed by atoms with E-state index < -0.39 is 6.04 Å². The maximum atomic E-state index is 11.5. The van der Waals surface area contributed by atoms with Crippen molar-refractivity contribution in [1.29, 1.82) is 0 Å². The van der Waals surface area contributed by atoms with Gasteiger partial charge in [-0.15, -0.1) is 0 Å². The number of Topliss-reactive ketones (excluding diaryl/α,β-unsaturated/α-hetero) is 1. The molecule has 1 atom stereocenters. The first-order valence-electron chi connectivity index (χ1n) is 4.47. The number of benzene rings is 1. The molecule has 13 heavy (non-hydrogen) atoms. The molecular weight excluding hydrogens is 162 g/mol. The summed E-state index contributed by atoms with van der Waals surface area (Å²) in [5, 5.41) is 0. The normalized spacial score (nSPS) is 12.9. The zero-order valence-electron chi connectivity index (χ0n) is 8.03. The fourth-order valence-corrected chi connectivity index (χ4v) is 1.18. The van der Waals surface area contributed by atoms with Gasteiger partial charge in [0.1, 0.15) is 0 Å². The maximum absolute atomic E-state index is 11.5. The second-order valence-electron chi connectivity index (χ2n) is 3.45. The fraction of sp³-hybridized carbons (Fsp3) is 0.364. The van der Waals surface area contributed by atoms with Crippen molar-refractivity contribution in [2.75, 3.05) is 0 Å². The van der Waals surface area contributed by atoms with Crippen LogP contribution in [0.3, 0.4) is 0 Å². The molecule has 0 aliphatic rings. The van der Waals surface area contributed by atoms with Gasteiger partial charge in [0.2, 0.25) is 0 Å². The average molecular weight is 177 g/mol. The van der Waals surface area contributed by atoms with Crippen LogP contribution in [0.1, 0.15) is 25.5 Å². The lowest BCUT2D eigenvalue weighted by Crippen LogP contribution is -2.25. The molecule has 0 aliphatic heterocycles. The van der Waals surface area contributed by atoms with Gasteiger partial charge < -0.3 is 5.73 Å². The summed E-state index contributed by atoms with van der Waals surface area (Å²) >= 11 is 0. The molecule has 1 aromatic rings. The van der Waals surface area contributed by atoms with Gasteiger partial charge in [0, 0.05) is 5.92 Å². The van der Waals surface area contributed by atoms with Crippen molar-refractivity contribution in [2.24, 2.45) is 11.7 Å². The highest BCUT2D eigenvalue weighted by Gasteiger charge is 2.17. The average Bonchev–Trinajstić information content (AvgIpc) is 2.17. The van der Waals surface area contributed by atoms with Crippen molar-refractivity contribution in [1.82, 2.24) is 0 Å². The minimum Gasteiger partial charge on any atom is -0.318 e. The molecule has 2 N–H and O–H groups in total. The Morgan fingerprint density at radius 3 is 2.23 bits per heavy atom. The SMILES string of the molecule is CC(C)C(=O)[C@H](N)c1ccccc1. The lowest BCUT2D eigenvalue weighted by Gasteiger charge is -2.12. The third kappa shape index (κ3) is 2.39. The summed E-state index contributed by atoms with van der Waals surface area (Å²) in [4.78, 5) is 11.5. The number of carbonyl (C=O) groups excluding carboxylic acids is 1. The molecule has 0 amide bonds. The Morgan fingerprint density at radius 1 is 1.23 bits per heavy atom. The van der Waals surface area contributed by atoms with Gasteiger partial charge in [-0.3, -0.25) is 4.79 Å². The number of ketones is 1. The van der Waals surface area contributed by atoms with Crippen molar-refractivity contribution < 1.29 is 4.79 Å². The molecule has 1 rings (SSSR count). The first kappa shape index (κ1) is 9.93. The molecule has 2 heteroatoms. The smallest absolute Gasteiger partial charge is 0.156 e. The topological polar surface area (TPSA) is 43.1 Å². The number of rotatable bonds is 3. The van der Waals surface area contributed by atoms with Crippen LogP contribution in [0.25, 0.3) is 0 Å². The largest absolute Gasteiger partial charge is 0.318 e. The van der Waals surface area contributed by atoms with Gasteiger partial charge in [0.05, 0.1) is 6.04 Å². The molecule has 0 unspecified atom stereocenters. The molecule has 70 valence electrons. The highest BCUT2D eigenvalue weighted by atomic mass is 16.1. The minimum atomic E-state index is -0.471. The van der Waals surface area contributed by atoms with Crippen molar-refractivity contribution >= 4 is 5.78 Å². The number of nitrogens with two attached hydrogens (primary N) is 1. The maximum Gasteiger partial charge on any atom is 0.156 e. The Balaban J connectivity index is 2.80. The molecule has 0 aliphatic carbocycles. The first-order chi connectivity index (χ1) is 6.13. The van der Waals surface area contributed by atoms with E-state index in [1.807, 2.05) is 44.2 Å². The standard InChI is InChI=1S/C11H15NO/c1-8(2)11(13)10(12)9-6-4-3-5-7-9/h3-8,10H,12H2,1-2H3/t10-/m1/s1. The van der Waals surface area contributed by atoms with Crippen molar-refractivity contribution in [2.45, 2.75) is 19.9 Å². The van der Waals surface area contributed by atoms with Crippen molar-refractivity contribution in [3.63, 3.8) is 0 Å². The van der Waals surface area contributed by atoms with Crippen LogP contribution in [0, 0.1) is 5.92 Å². The van der Waals surface area contributed by atoms with Gasteiger partial charge >= 0.3 is 0 Å². The van der Waals surface area contributed by atoms with E-state index in [-0.39, 0.29) is 11.7 Å². The summed E-state index contributed by atoms with van der Waals surface area (Å²) in [6, 6.07) is 8.98. The van der Waals surface area contributed by atoms with Crippen LogP contribution in [0.5, 0.6) is 0 Å². The Kier molecular flexibility index (Phi) is 3.20. The van der Waals surface area contributed by atoms with Gasteiger partial charge in [-0.2, -0.15) is 0 Å². The van der Waals surface area contributed by atoms with E-state index in [2.05, 4.69) is 0 Å². The molecule has 0 saturated carbocycles. The Bertz CT molecular complexity index is 279. The Hall–Kier alpha value is -1.15. The zero-order valence-corrected chi connectivity index (χ0v) is 8.03. The van der Waals surface area contributed by atoms with Gasteiger partial charge in [0.25, 0.3) is 0 Å². The summed E-state index contributed by atoms with van der Waals surface area (Å²) in [7, 11) is 0. The predicted molar refractivity (Wildman–Crippen MR) is 53.2 cm³/mol. The number of carbonyl (C=O) groups is 1. The summed E-state index contributed by atoms with van der Waals surface area (Å²) in [6.45, 7) is 3.73. The minimum absolute atomic E-state index is 0.00444. The summed E-state index contributed by atoms with van der Waals surface area (Å²) in [6.07, 6.45) is 0. The second-order valence-corrected chi connectivity index (χ2v) is 3.45. The van der Waals surface area contributed by atoms with Crippen molar-refractivity contribution in [3.05, 3.63) is 35.9 Å². The summed E-state index contributed by atoms with van der Waals surface area (Å²) in [5.74, 6) is 0.0846. The van der Waals surface area contributed by atoms with Crippen LogP contribution in [-0.2, 0) is 4.79 Å². The van der Waals surface area contributed by atoms with Crippen LogP contribution in [-0.4, -0.2) is 5.78 Å². The van der Waals surface area contributed by atoms with E-state index in [1.54, 1.807) is 0 Å². The van der Waals surface area contributed by atoms with Gasteiger partial charge in [-0.1, -0.05) is 44.2 Å². The third-order valence-corrected chi connectivity index (χ3v) is 2.03. The van der Waals surface area contributed by atoms with Crippen LogP contribution in [0.4, 0.5) is 0 Å². The van der Waals surface area contributed by atoms with Crippen LogP contribution in [0.15, 0.2) is 30.3 Å². The Morgan fingerprint density at radius 2 is 1.77 bits per heavy atom. The zero-order chi connectivity index (χ0) is 9.84. The van der Waals surface area contributed by atoms with E-state index in [0.29, 0.717) is 0 Å². The third-order valence-electron chi connectivity index (χ3n) is 2.03. The molecule has 0 aromatic heterocycles. The van der Waals surface area contributed by atoms with Gasteiger partial charge in [-0.05, 0) is 5.56 Å². The lowest BCUT2D eigenvalue weighted by molar-refractivity contribution is -0.123. The molecule has 2 nitrogen and oxygen atoms in total. The van der Waals surface area contributed by atoms with Crippen LogP contribution < -0.4 is 5.73 Å². The van der Waals surface area contributed by atoms with Crippen LogP contribution >= 0.6 is 0 Å². The summed E-state index contributed by atoms with van der Waals surface area (Å²) in [5.41, 5.74) is 6.68. The molecule has 0 saturated heterocycles. The summed E-state index contributed by atoms with van der Waals surface area (Å²) < 4.78 is 0. The molecule has 0 radical (unpaired) electrons. The molecule has 1 aromatic carbocycles. The Labute approximate surface area is 78.8 Å². The van der Waals surface area contributed by atoms with Gasteiger partial charge in [-0.25, -0.2) is 0 Å². The van der Waals surface area contributed by atoms with E-state index >= 15 is 0 Å². The fourth-order valence-electron chi connectivity index (χ4n) is 1.18. The number of hydrogen-bond donors (Lipinski definition) is 1. The van der Waals surface area contributed by atoms with Crippen LogP contribution in [0.2, 0.25) is 0 Å². The highest BCUT2D eigenvalue weighted by molar-refractivity contribution is 5.86. The molecule has 0 bridgehead atoms. The monoisotopic (exact) mass is 177 g/mol. The van der Waals surface area contributed by atoms with Crippen molar-refractivity contribution in [3.8, 4) is 0 Å².